The summed E-state index contributed by atoms with van der Waals surface area (Å²) in [6.45, 7) is 4.17. The molecule has 0 radical (unpaired) electrons. The second-order valence-electron chi connectivity index (χ2n) is 4.37. The number of benzene rings is 1. The van der Waals surface area contributed by atoms with Gasteiger partial charge in [-0.05, 0) is 30.7 Å². The third kappa shape index (κ3) is 3.57. The average molecular weight is 299 g/mol. The predicted molar refractivity (Wildman–Crippen MR) is 80.1 cm³/mol. The van der Waals surface area contributed by atoms with Gasteiger partial charge < -0.3 is 10.1 Å². The van der Waals surface area contributed by atoms with Crippen LogP contribution < -0.4 is 5.32 Å². The van der Waals surface area contributed by atoms with Crippen LogP contribution in [0.15, 0.2) is 18.2 Å². The summed E-state index contributed by atoms with van der Waals surface area (Å²) in [6.07, 6.45) is 0. The molecule has 1 heterocycles. The van der Waals surface area contributed by atoms with Gasteiger partial charge in [-0.3, -0.25) is 4.98 Å². The fourth-order valence-corrected chi connectivity index (χ4v) is 2.65. The minimum absolute atomic E-state index is 0.605. The van der Waals surface area contributed by atoms with Crippen LogP contribution in [0.4, 0.5) is 0 Å². The van der Waals surface area contributed by atoms with E-state index >= 15 is 0 Å². The molecule has 2 aromatic rings. The normalized spacial score (nSPS) is 11.2. The first-order valence-electron chi connectivity index (χ1n) is 6.06. The summed E-state index contributed by atoms with van der Waals surface area (Å²) in [6, 6.07) is 5.64. The molecule has 5 heteroatoms. The van der Waals surface area contributed by atoms with E-state index in [2.05, 4.69) is 10.3 Å². The predicted octanol–water partition coefficient (Wildman–Crippen LogP) is 3.59. The Hall–Kier alpha value is -0.870. The van der Waals surface area contributed by atoms with E-state index in [9.17, 15) is 0 Å². The van der Waals surface area contributed by atoms with Crippen LogP contribution in [0.25, 0.3) is 10.9 Å². The molecule has 0 unspecified atom stereocenters. The van der Waals surface area contributed by atoms with Crippen LogP contribution in [0.3, 0.4) is 0 Å². The van der Waals surface area contributed by atoms with E-state index in [1.165, 1.54) is 0 Å². The van der Waals surface area contributed by atoms with Crippen LogP contribution in [0.2, 0.25) is 10.0 Å². The van der Waals surface area contributed by atoms with Crippen molar-refractivity contribution in [3.05, 3.63) is 39.5 Å². The van der Waals surface area contributed by atoms with Crippen molar-refractivity contribution in [2.45, 2.75) is 13.5 Å². The second-order valence-corrected chi connectivity index (χ2v) is 5.22. The molecule has 1 aromatic carbocycles. The monoisotopic (exact) mass is 298 g/mol. The van der Waals surface area contributed by atoms with Crippen LogP contribution in [-0.4, -0.2) is 25.2 Å². The summed E-state index contributed by atoms with van der Waals surface area (Å²) in [5, 5.41) is 5.52. The summed E-state index contributed by atoms with van der Waals surface area (Å²) in [5.41, 5.74) is 2.91. The van der Waals surface area contributed by atoms with Gasteiger partial charge in [0.25, 0.3) is 0 Å². The van der Waals surface area contributed by atoms with Crippen molar-refractivity contribution in [3.8, 4) is 0 Å². The molecule has 102 valence electrons. The molecule has 0 bridgehead atoms. The quantitative estimate of drug-likeness (QED) is 0.857. The lowest BCUT2D eigenvalue weighted by Gasteiger charge is -2.11. The molecule has 2 rings (SSSR count). The van der Waals surface area contributed by atoms with E-state index < -0.39 is 0 Å². The minimum Gasteiger partial charge on any atom is -0.383 e. The van der Waals surface area contributed by atoms with Gasteiger partial charge in [0.15, 0.2) is 0 Å². The number of nitrogens with one attached hydrogen (secondary N) is 1. The maximum Gasteiger partial charge on any atom is 0.0738 e. The molecule has 1 aromatic heterocycles. The molecular formula is C14H16Cl2N2O. The molecule has 0 atom stereocenters. The van der Waals surface area contributed by atoms with Gasteiger partial charge in [0.2, 0.25) is 0 Å². The number of fused-ring (bicyclic) bond motifs is 1. The van der Waals surface area contributed by atoms with E-state index in [0.717, 1.165) is 35.2 Å². The highest BCUT2D eigenvalue weighted by molar-refractivity contribution is 6.38. The number of hydrogen-bond donors (Lipinski definition) is 1. The average Bonchev–Trinajstić information content (AvgIpc) is 2.33. The van der Waals surface area contributed by atoms with Gasteiger partial charge in [-0.2, -0.15) is 0 Å². The standard InChI is InChI=1S/C14H16Cl2N2O/c1-9-5-10(8-17-3-4-19-2)14-12(16)6-11(15)7-13(14)18-9/h5-7,17H,3-4,8H2,1-2H3. The van der Waals surface area contributed by atoms with Gasteiger partial charge in [0, 0.05) is 36.3 Å². The Labute approximate surface area is 122 Å². The number of methoxy groups -OCH3 is 1. The van der Waals surface area contributed by atoms with E-state index in [1.54, 1.807) is 13.2 Å². The van der Waals surface area contributed by atoms with Crippen molar-refractivity contribution in [1.82, 2.24) is 10.3 Å². The first-order valence-corrected chi connectivity index (χ1v) is 6.82. The lowest BCUT2D eigenvalue weighted by Crippen LogP contribution is -2.19. The summed E-state index contributed by atoms with van der Waals surface area (Å²) >= 11 is 12.3. The molecule has 0 spiro atoms. The molecule has 0 aliphatic carbocycles. The number of aryl methyl sites for hydroxylation is 1. The first-order chi connectivity index (χ1) is 9.11. The minimum atomic E-state index is 0.605. The van der Waals surface area contributed by atoms with Gasteiger partial charge in [-0.1, -0.05) is 23.2 Å². The Kier molecular flexibility index (Phi) is 4.99. The maximum absolute atomic E-state index is 6.28. The number of rotatable bonds is 5. The van der Waals surface area contributed by atoms with Gasteiger partial charge >= 0.3 is 0 Å². The third-order valence-corrected chi connectivity index (χ3v) is 3.35. The summed E-state index contributed by atoms with van der Waals surface area (Å²) in [4.78, 5) is 4.48. The van der Waals surface area contributed by atoms with Crippen molar-refractivity contribution in [3.63, 3.8) is 0 Å². The molecule has 0 amide bonds. The Morgan fingerprint density at radius 1 is 1.26 bits per heavy atom. The zero-order valence-corrected chi connectivity index (χ0v) is 12.5. The lowest BCUT2D eigenvalue weighted by atomic mass is 10.1. The topological polar surface area (TPSA) is 34.1 Å². The van der Waals surface area contributed by atoms with Gasteiger partial charge in [0.05, 0.1) is 17.1 Å². The van der Waals surface area contributed by atoms with Crippen LogP contribution in [-0.2, 0) is 11.3 Å². The highest BCUT2D eigenvalue weighted by Gasteiger charge is 2.09. The molecule has 3 nitrogen and oxygen atoms in total. The number of hydrogen-bond acceptors (Lipinski definition) is 3. The van der Waals surface area contributed by atoms with Crippen LogP contribution in [0, 0.1) is 6.92 Å². The molecule has 0 saturated carbocycles. The Balaban J connectivity index is 2.36. The molecule has 0 saturated heterocycles. The number of aromatic nitrogens is 1. The van der Waals surface area contributed by atoms with Crippen molar-refractivity contribution in [2.24, 2.45) is 0 Å². The Morgan fingerprint density at radius 3 is 2.79 bits per heavy atom. The number of nitrogens with zero attached hydrogens (tertiary/aromatic N) is 1. The molecule has 0 fully saturated rings. The fourth-order valence-electron chi connectivity index (χ4n) is 2.05. The van der Waals surface area contributed by atoms with Gasteiger partial charge in [-0.25, -0.2) is 0 Å². The third-order valence-electron chi connectivity index (χ3n) is 2.83. The highest BCUT2D eigenvalue weighted by atomic mass is 35.5. The maximum atomic E-state index is 6.28. The second kappa shape index (κ2) is 6.53. The zero-order chi connectivity index (χ0) is 13.8. The van der Waals surface area contributed by atoms with Gasteiger partial charge in [0.1, 0.15) is 0 Å². The van der Waals surface area contributed by atoms with Gasteiger partial charge in [-0.15, -0.1) is 0 Å². The molecule has 1 N–H and O–H groups in total. The number of ether oxygens (including phenoxy) is 1. The Morgan fingerprint density at radius 2 is 2.05 bits per heavy atom. The molecule has 0 aliphatic rings. The first kappa shape index (κ1) is 14.5. The zero-order valence-electron chi connectivity index (χ0n) is 11.0. The number of halogens is 2. The number of pyridine rings is 1. The SMILES string of the molecule is COCCNCc1cc(C)nc2cc(Cl)cc(Cl)c12. The largest absolute Gasteiger partial charge is 0.383 e. The molecule has 0 aliphatic heterocycles. The molecular weight excluding hydrogens is 283 g/mol. The molecule has 19 heavy (non-hydrogen) atoms. The van der Waals surface area contributed by atoms with E-state index in [-0.39, 0.29) is 0 Å². The highest BCUT2D eigenvalue weighted by Crippen LogP contribution is 2.30. The van der Waals surface area contributed by atoms with Crippen LogP contribution in [0.1, 0.15) is 11.3 Å². The van der Waals surface area contributed by atoms with Crippen molar-refractivity contribution < 1.29 is 4.74 Å². The van der Waals surface area contributed by atoms with Crippen LogP contribution in [0.5, 0.6) is 0 Å². The summed E-state index contributed by atoms with van der Waals surface area (Å²) < 4.78 is 5.01. The van der Waals surface area contributed by atoms with Crippen molar-refractivity contribution in [2.75, 3.05) is 20.3 Å². The van der Waals surface area contributed by atoms with E-state index in [4.69, 9.17) is 27.9 Å². The summed E-state index contributed by atoms with van der Waals surface area (Å²) in [5.74, 6) is 0. The summed E-state index contributed by atoms with van der Waals surface area (Å²) in [7, 11) is 1.69. The smallest absolute Gasteiger partial charge is 0.0738 e. The van der Waals surface area contributed by atoms with E-state index in [1.807, 2.05) is 19.1 Å². The van der Waals surface area contributed by atoms with Crippen molar-refractivity contribution >= 4 is 34.1 Å². The van der Waals surface area contributed by atoms with E-state index in [0.29, 0.717) is 16.7 Å². The Bertz CT molecular complexity index is 582. The van der Waals surface area contributed by atoms with Crippen LogP contribution >= 0.6 is 23.2 Å². The fraction of sp³-hybridized carbons (Fsp3) is 0.357. The van der Waals surface area contributed by atoms with Crippen molar-refractivity contribution in [1.29, 1.82) is 0 Å². The lowest BCUT2D eigenvalue weighted by molar-refractivity contribution is 0.199.